The Kier molecular flexibility index (Phi) is 6.54. The van der Waals surface area contributed by atoms with Gasteiger partial charge in [-0.3, -0.25) is 0 Å². The molecule has 4 atom stereocenters. The van der Waals surface area contributed by atoms with Crippen LogP contribution in [0, 0.1) is 0 Å². The van der Waals surface area contributed by atoms with E-state index in [-0.39, 0.29) is 24.0 Å². The molecule has 2 heterocycles. The second kappa shape index (κ2) is 11.6. The van der Waals surface area contributed by atoms with Gasteiger partial charge in [-0.05, 0) is 79.2 Å². The molecule has 0 amide bonds. The second-order valence-corrected chi connectivity index (χ2v) is 14.2. The van der Waals surface area contributed by atoms with Gasteiger partial charge >= 0.3 is 0 Å². The first kappa shape index (κ1) is 29.4. The number of fused-ring (bicyclic) bond motifs is 8. The van der Waals surface area contributed by atoms with Crippen molar-refractivity contribution in [2.45, 2.75) is 24.0 Å². The van der Waals surface area contributed by atoms with Crippen LogP contribution in [-0.2, 0) is 0 Å². The molecule has 4 unspecified atom stereocenters. The van der Waals surface area contributed by atoms with Gasteiger partial charge in [0.25, 0.3) is 0 Å². The Bertz CT molecular complexity index is 2480. The van der Waals surface area contributed by atoms with Crippen molar-refractivity contribution in [2.24, 2.45) is 0 Å². The molecule has 246 valence electrons. The molecule has 2 aliphatic carbocycles. The molecular weight excluding hydrogens is 633 g/mol. The second-order valence-electron chi connectivity index (χ2n) is 14.2. The summed E-state index contributed by atoms with van der Waals surface area (Å²) in [5, 5.41) is 4.95. The van der Waals surface area contributed by atoms with Crippen LogP contribution in [0.25, 0.3) is 66.1 Å². The molecule has 0 spiro atoms. The Morgan fingerprint density at radius 2 is 0.731 bits per heavy atom. The van der Waals surface area contributed by atoms with Gasteiger partial charge < -0.3 is 9.47 Å². The minimum absolute atomic E-state index is 0.0529. The molecule has 2 heteroatoms. The third-order valence-electron chi connectivity index (χ3n) is 11.3. The highest BCUT2D eigenvalue weighted by Crippen LogP contribution is 2.50. The van der Waals surface area contributed by atoms with Gasteiger partial charge in [0.15, 0.2) is 0 Å². The average Bonchev–Trinajstić information content (AvgIpc) is 3.79. The molecule has 4 aliphatic rings. The number of allylic oxidation sites excluding steroid dienone is 4. The molecule has 2 nitrogen and oxygen atoms in total. The first-order chi connectivity index (χ1) is 25.8. The molecular formula is C50H34O2. The standard InChI is InChI=1S/C50H34O2/c1-2-20-40-39(19-1)47(33-15-9-13-31(29-33)35-23-11-25-43-37-17-5-7-27-45(37)51-49(35)43)41-21-3-4-22-42(41)48(40)34-16-10-14-32(30-34)36-24-12-26-44-38-18-6-8-28-46(38)52-50(36)44/h1-30,37-38,45-46H. The van der Waals surface area contributed by atoms with Crippen LogP contribution in [0.5, 0.6) is 11.5 Å². The van der Waals surface area contributed by atoms with Gasteiger partial charge in [0.05, 0.1) is 0 Å². The van der Waals surface area contributed by atoms with E-state index in [0.29, 0.717) is 0 Å². The summed E-state index contributed by atoms with van der Waals surface area (Å²) >= 11 is 0. The molecule has 11 rings (SSSR count). The van der Waals surface area contributed by atoms with Gasteiger partial charge in [0, 0.05) is 34.1 Å². The van der Waals surface area contributed by atoms with Crippen molar-refractivity contribution in [3.63, 3.8) is 0 Å². The zero-order valence-corrected chi connectivity index (χ0v) is 28.4. The molecule has 0 bridgehead atoms. The maximum absolute atomic E-state index is 6.59. The zero-order valence-electron chi connectivity index (χ0n) is 28.4. The van der Waals surface area contributed by atoms with Crippen LogP contribution in [0.2, 0.25) is 0 Å². The molecule has 0 saturated heterocycles. The van der Waals surface area contributed by atoms with Gasteiger partial charge in [0.1, 0.15) is 23.7 Å². The predicted octanol–water partition coefficient (Wildman–Crippen LogP) is 12.6. The van der Waals surface area contributed by atoms with Crippen LogP contribution in [0.1, 0.15) is 23.0 Å². The lowest BCUT2D eigenvalue weighted by Gasteiger charge is -2.19. The summed E-state index contributed by atoms with van der Waals surface area (Å²) in [7, 11) is 0. The van der Waals surface area contributed by atoms with Crippen molar-refractivity contribution >= 4 is 21.5 Å². The SMILES string of the molecule is C1=CC2Oc3c(-c4cccc(-c5c6ccccc6c(-c6cccc(-c7cccc8c7OC7C=CC=CC87)c6)c6ccccc56)c4)cccc3C2C=C1. The van der Waals surface area contributed by atoms with Crippen molar-refractivity contribution in [3.8, 4) is 56.0 Å². The Balaban J connectivity index is 1.07. The Morgan fingerprint density at radius 1 is 0.346 bits per heavy atom. The number of rotatable bonds is 4. The highest BCUT2D eigenvalue weighted by Gasteiger charge is 2.35. The summed E-state index contributed by atoms with van der Waals surface area (Å²) in [5.74, 6) is 2.51. The van der Waals surface area contributed by atoms with Gasteiger partial charge in [-0.1, -0.05) is 158 Å². The fraction of sp³-hybridized carbons (Fsp3) is 0.0800. The van der Waals surface area contributed by atoms with Crippen molar-refractivity contribution in [2.75, 3.05) is 0 Å². The normalized spacial score (nSPS) is 20.3. The monoisotopic (exact) mass is 666 g/mol. The van der Waals surface area contributed by atoms with Crippen molar-refractivity contribution < 1.29 is 9.47 Å². The van der Waals surface area contributed by atoms with E-state index < -0.39 is 0 Å². The fourth-order valence-electron chi connectivity index (χ4n) is 9.02. The van der Waals surface area contributed by atoms with Crippen LogP contribution in [0.15, 0.2) is 182 Å². The molecule has 0 N–H and O–H groups in total. The summed E-state index contributed by atoms with van der Waals surface area (Å²) in [6.07, 6.45) is 17.4. The third-order valence-corrected chi connectivity index (χ3v) is 11.3. The number of ether oxygens (including phenoxy) is 2. The largest absolute Gasteiger partial charge is 0.484 e. The molecule has 0 saturated carbocycles. The summed E-state index contributed by atoms with van der Waals surface area (Å²) < 4.78 is 13.2. The smallest absolute Gasteiger partial charge is 0.132 e. The topological polar surface area (TPSA) is 18.5 Å². The first-order valence-corrected chi connectivity index (χ1v) is 18.2. The summed E-state index contributed by atoms with van der Waals surface area (Å²) in [6.45, 7) is 0. The first-order valence-electron chi connectivity index (χ1n) is 18.2. The summed E-state index contributed by atoms with van der Waals surface area (Å²) in [5.41, 5.74) is 12.0. The number of para-hydroxylation sites is 2. The average molecular weight is 667 g/mol. The number of hydrogen-bond donors (Lipinski definition) is 0. The molecule has 0 aromatic heterocycles. The Hall–Kier alpha value is -6.38. The summed E-state index contributed by atoms with van der Waals surface area (Å²) in [6, 6.07) is 49.0. The van der Waals surface area contributed by atoms with E-state index in [0.717, 1.165) is 33.8 Å². The van der Waals surface area contributed by atoms with Crippen LogP contribution in [0.3, 0.4) is 0 Å². The molecule has 0 radical (unpaired) electrons. The molecule has 52 heavy (non-hydrogen) atoms. The Labute approximate surface area is 303 Å². The predicted molar refractivity (Wildman–Crippen MR) is 214 cm³/mol. The van der Waals surface area contributed by atoms with Crippen molar-refractivity contribution in [1.82, 2.24) is 0 Å². The van der Waals surface area contributed by atoms with Crippen LogP contribution >= 0.6 is 0 Å². The van der Waals surface area contributed by atoms with E-state index in [2.05, 4.69) is 182 Å². The van der Waals surface area contributed by atoms with Gasteiger partial charge in [-0.25, -0.2) is 0 Å². The lowest BCUT2D eigenvalue weighted by Crippen LogP contribution is -2.15. The van der Waals surface area contributed by atoms with E-state index in [1.54, 1.807) is 0 Å². The third kappa shape index (κ3) is 4.44. The Morgan fingerprint density at radius 3 is 1.17 bits per heavy atom. The lowest BCUT2D eigenvalue weighted by atomic mass is 9.84. The van der Waals surface area contributed by atoms with Crippen LogP contribution in [-0.4, -0.2) is 12.2 Å². The molecule has 7 aromatic rings. The van der Waals surface area contributed by atoms with Gasteiger partial charge in [-0.2, -0.15) is 0 Å². The number of benzene rings is 7. The fourth-order valence-corrected chi connectivity index (χ4v) is 9.02. The zero-order chi connectivity index (χ0) is 34.2. The van der Waals surface area contributed by atoms with Gasteiger partial charge in [0.2, 0.25) is 0 Å². The quantitative estimate of drug-likeness (QED) is 0.174. The van der Waals surface area contributed by atoms with Crippen LogP contribution in [0.4, 0.5) is 0 Å². The molecule has 7 aromatic carbocycles. The summed E-state index contributed by atoms with van der Waals surface area (Å²) in [4.78, 5) is 0. The maximum atomic E-state index is 6.59. The van der Waals surface area contributed by atoms with E-state index in [9.17, 15) is 0 Å². The van der Waals surface area contributed by atoms with E-state index in [1.165, 1.54) is 54.9 Å². The highest BCUT2D eigenvalue weighted by molar-refractivity contribution is 6.21. The lowest BCUT2D eigenvalue weighted by molar-refractivity contribution is 0.269. The van der Waals surface area contributed by atoms with E-state index in [4.69, 9.17) is 9.47 Å². The highest BCUT2D eigenvalue weighted by atomic mass is 16.5. The number of hydrogen-bond acceptors (Lipinski definition) is 2. The van der Waals surface area contributed by atoms with Crippen LogP contribution < -0.4 is 9.47 Å². The molecule has 0 fully saturated rings. The minimum Gasteiger partial charge on any atom is -0.484 e. The van der Waals surface area contributed by atoms with Gasteiger partial charge in [-0.15, -0.1) is 0 Å². The molecule has 2 aliphatic heterocycles. The maximum Gasteiger partial charge on any atom is 0.132 e. The van der Waals surface area contributed by atoms with E-state index in [1.807, 2.05) is 0 Å². The minimum atomic E-state index is 0.0529. The van der Waals surface area contributed by atoms with Crippen molar-refractivity contribution in [1.29, 1.82) is 0 Å². The van der Waals surface area contributed by atoms with E-state index >= 15 is 0 Å². The van der Waals surface area contributed by atoms with Crippen molar-refractivity contribution in [3.05, 3.63) is 193 Å².